The highest BCUT2D eigenvalue weighted by atomic mass is 14.8. The lowest BCUT2D eigenvalue weighted by Crippen LogP contribution is -2.00. The van der Waals surface area contributed by atoms with Crippen molar-refractivity contribution in [2.75, 3.05) is 5.73 Å². The maximum Gasteiger partial charge on any atom is 0.126 e. The lowest BCUT2D eigenvalue weighted by atomic mass is 10.0. The molecule has 0 amide bonds. The molecule has 2 nitrogen and oxygen atoms in total. The predicted octanol–water partition coefficient (Wildman–Crippen LogP) is 2.89. The van der Waals surface area contributed by atoms with Gasteiger partial charge in [-0.3, -0.25) is 0 Å². The highest BCUT2D eigenvalue weighted by Crippen LogP contribution is 2.12. The highest BCUT2D eigenvalue weighted by molar-refractivity contribution is 5.38. The summed E-state index contributed by atoms with van der Waals surface area (Å²) in [5.41, 5.74) is 6.81. The molecule has 1 aromatic rings. The fourth-order valence-corrected chi connectivity index (χ4v) is 1.06. The number of hydrogen-bond acceptors (Lipinski definition) is 2. The predicted molar refractivity (Wildman–Crippen MR) is 58.5 cm³/mol. The molecule has 0 saturated carbocycles. The van der Waals surface area contributed by atoms with E-state index in [2.05, 4.69) is 18.8 Å². The molecule has 2 N–H and O–H groups in total. The molecule has 0 atom stereocenters. The summed E-state index contributed by atoms with van der Waals surface area (Å²) in [6.07, 6.45) is 2.73. The van der Waals surface area contributed by atoms with Gasteiger partial charge in [0.15, 0.2) is 0 Å². The number of rotatable bonds is 2. The molecule has 0 aromatic carbocycles. The first kappa shape index (κ1) is 11.9. The highest BCUT2D eigenvalue weighted by Gasteiger charge is 2.00. The van der Waals surface area contributed by atoms with Crippen molar-refractivity contribution in [1.82, 2.24) is 4.98 Å². The summed E-state index contributed by atoms with van der Waals surface area (Å²) in [4.78, 5) is 4.01. The van der Waals surface area contributed by atoms with Gasteiger partial charge in [-0.2, -0.15) is 0 Å². The standard InChI is InChI=1S/C9H14N2.C2H6/c1-7(2)6-8-4-3-5-11-9(8)10;1-2/h3-5,7H,6H2,1-2H3,(H2,10,11);1-2H3. The van der Waals surface area contributed by atoms with Gasteiger partial charge >= 0.3 is 0 Å². The lowest BCUT2D eigenvalue weighted by molar-refractivity contribution is 0.647. The zero-order chi connectivity index (χ0) is 10.3. The van der Waals surface area contributed by atoms with Crippen LogP contribution in [-0.4, -0.2) is 4.98 Å². The van der Waals surface area contributed by atoms with Crippen LogP contribution < -0.4 is 5.73 Å². The Balaban J connectivity index is 0.000000671. The molecule has 0 bridgehead atoms. The first-order valence-electron chi connectivity index (χ1n) is 4.89. The van der Waals surface area contributed by atoms with Gasteiger partial charge < -0.3 is 5.73 Å². The second kappa shape index (κ2) is 6.46. The third-order valence-corrected chi connectivity index (χ3v) is 1.55. The van der Waals surface area contributed by atoms with Crippen LogP contribution in [0.15, 0.2) is 18.3 Å². The molecule has 0 spiro atoms. The molecule has 0 saturated heterocycles. The van der Waals surface area contributed by atoms with E-state index in [4.69, 9.17) is 5.73 Å². The van der Waals surface area contributed by atoms with Crippen LogP contribution in [0.5, 0.6) is 0 Å². The smallest absolute Gasteiger partial charge is 0.126 e. The SMILES string of the molecule is CC.CC(C)Cc1cccnc1N. The molecule has 1 rings (SSSR count). The van der Waals surface area contributed by atoms with Crippen molar-refractivity contribution >= 4 is 5.82 Å². The molecule has 0 aliphatic rings. The first-order valence-corrected chi connectivity index (χ1v) is 4.89. The van der Waals surface area contributed by atoms with E-state index in [0.29, 0.717) is 11.7 Å². The van der Waals surface area contributed by atoms with E-state index < -0.39 is 0 Å². The van der Waals surface area contributed by atoms with Gasteiger partial charge in [-0.1, -0.05) is 33.8 Å². The first-order chi connectivity index (χ1) is 6.20. The molecule has 1 heterocycles. The number of nitrogen functional groups attached to an aromatic ring is 1. The molecular formula is C11H20N2. The summed E-state index contributed by atoms with van der Waals surface area (Å²) in [6, 6.07) is 3.95. The van der Waals surface area contributed by atoms with E-state index in [1.807, 2.05) is 26.0 Å². The Morgan fingerprint density at radius 3 is 2.46 bits per heavy atom. The maximum atomic E-state index is 5.66. The van der Waals surface area contributed by atoms with Crippen LogP contribution >= 0.6 is 0 Å². The van der Waals surface area contributed by atoms with Crippen LogP contribution in [0.4, 0.5) is 5.82 Å². The second-order valence-electron chi connectivity index (χ2n) is 3.15. The van der Waals surface area contributed by atoms with Crippen LogP contribution in [0.2, 0.25) is 0 Å². The third-order valence-electron chi connectivity index (χ3n) is 1.55. The number of nitrogens with two attached hydrogens (primary N) is 1. The fourth-order valence-electron chi connectivity index (χ4n) is 1.06. The Bertz CT molecular complexity index is 231. The van der Waals surface area contributed by atoms with Crippen LogP contribution in [0.3, 0.4) is 0 Å². The molecule has 2 heteroatoms. The molecule has 74 valence electrons. The lowest BCUT2D eigenvalue weighted by Gasteiger charge is -2.05. The molecule has 0 aliphatic carbocycles. The zero-order valence-corrected chi connectivity index (χ0v) is 9.04. The van der Waals surface area contributed by atoms with Crippen LogP contribution in [0, 0.1) is 5.92 Å². The average molecular weight is 180 g/mol. The summed E-state index contributed by atoms with van der Waals surface area (Å²) >= 11 is 0. The number of aromatic nitrogens is 1. The van der Waals surface area contributed by atoms with Gasteiger partial charge in [0, 0.05) is 6.20 Å². The topological polar surface area (TPSA) is 38.9 Å². The quantitative estimate of drug-likeness (QED) is 0.760. The minimum Gasteiger partial charge on any atom is -0.383 e. The van der Waals surface area contributed by atoms with Crippen molar-refractivity contribution < 1.29 is 0 Å². The normalized spacial score (nSPS) is 9.31. The molecular weight excluding hydrogens is 160 g/mol. The summed E-state index contributed by atoms with van der Waals surface area (Å²) in [7, 11) is 0. The van der Waals surface area contributed by atoms with Gasteiger partial charge in [-0.25, -0.2) is 4.98 Å². The van der Waals surface area contributed by atoms with E-state index in [0.717, 1.165) is 12.0 Å². The average Bonchev–Trinajstić information content (AvgIpc) is 2.12. The fraction of sp³-hybridized carbons (Fsp3) is 0.545. The van der Waals surface area contributed by atoms with Crippen LogP contribution in [0.1, 0.15) is 33.3 Å². The molecule has 13 heavy (non-hydrogen) atoms. The van der Waals surface area contributed by atoms with Gasteiger partial charge in [0.05, 0.1) is 0 Å². The minimum atomic E-state index is 0.640. The summed E-state index contributed by atoms with van der Waals surface area (Å²) in [6.45, 7) is 8.35. The van der Waals surface area contributed by atoms with Gasteiger partial charge in [-0.05, 0) is 24.0 Å². The van der Waals surface area contributed by atoms with Crippen molar-refractivity contribution in [1.29, 1.82) is 0 Å². The third kappa shape index (κ3) is 4.51. The monoisotopic (exact) mass is 180 g/mol. The number of nitrogens with zero attached hydrogens (tertiary/aromatic N) is 1. The Kier molecular flexibility index (Phi) is 5.94. The van der Waals surface area contributed by atoms with Crippen molar-refractivity contribution in [2.24, 2.45) is 5.92 Å². The van der Waals surface area contributed by atoms with E-state index in [9.17, 15) is 0 Å². The Hall–Kier alpha value is -1.05. The number of pyridine rings is 1. The van der Waals surface area contributed by atoms with Gasteiger partial charge in [-0.15, -0.1) is 0 Å². The van der Waals surface area contributed by atoms with E-state index in [-0.39, 0.29) is 0 Å². The van der Waals surface area contributed by atoms with Gasteiger partial charge in [0.1, 0.15) is 5.82 Å². The van der Waals surface area contributed by atoms with Crippen molar-refractivity contribution in [2.45, 2.75) is 34.1 Å². The van der Waals surface area contributed by atoms with Crippen molar-refractivity contribution in [3.8, 4) is 0 Å². The van der Waals surface area contributed by atoms with Gasteiger partial charge in [0.2, 0.25) is 0 Å². The van der Waals surface area contributed by atoms with E-state index in [1.165, 1.54) is 0 Å². The van der Waals surface area contributed by atoms with Crippen molar-refractivity contribution in [3.05, 3.63) is 23.9 Å². The van der Waals surface area contributed by atoms with Crippen LogP contribution in [-0.2, 0) is 6.42 Å². The molecule has 0 aliphatic heterocycles. The minimum absolute atomic E-state index is 0.640. The molecule has 1 aromatic heterocycles. The molecule has 0 fully saturated rings. The van der Waals surface area contributed by atoms with Gasteiger partial charge in [0.25, 0.3) is 0 Å². The largest absolute Gasteiger partial charge is 0.383 e. The van der Waals surface area contributed by atoms with E-state index in [1.54, 1.807) is 6.20 Å². The maximum absolute atomic E-state index is 5.66. The summed E-state index contributed by atoms with van der Waals surface area (Å²) < 4.78 is 0. The van der Waals surface area contributed by atoms with E-state index >= 15 is 0 Å². The number of anilines is 1. The Morgan fingerprint density at radius 2 is 2.00 bits per heavy atom. The molecule has 0 radical (unpaired) electrons. The Labute approximate surface area is 81.2 Å². The zero-order valence-electron chi connectivity index (χ0n) is 9.04. The molecule has 0 unspecified atom stereocenters. The summed E-state index contributed by atoms with van der Waals surface area (Å²) in [5.74, 6) is 1.31. The van der Waals surface area contributed by atoms with Crippen LogP contribution in [0.25, 0.3) is 0 Å². The van der Waals surface area contributed by atoms with Crippen molar-refractivity contribution in [3.63, 3.8) is 0 Å². The Morgan fingerprint density at radius 1 is 1.38 bits per heavy atom. The summed E-state index contributed by atoms with van der Waals surface area (Å²) in [5, 5.41) is 0. The second-order valence-corrected chi connectivity index (χ2v) is 3.15. The number of hydrogen-bond donors (Lipinski definition) is 1.